The van der Waals surface area contributed by atoms with Crippen molar-refractivity contribution in [2.24, 2.45) is 10.1 Å². The maximum Gasteiger partial charge on any atom is 0.0702 e. The van der Waals surface area contributed by atoms with Gasteiger partial charge in [0.2, 0.25) is 0 Å². The quantitative estimate of drug-likeness (QED) is 0.501. The van der Waals surface area contributed by atoms with Gasteiger partial charge in [0.25, 0.3) is 0 Å². The van der Waals surface area contributed by atoms with Crippen LogP contribution in [0.4, 0.5) is 0 Å². The molecule has 1 aliphatic heterocycles. The number of hydrogen-bond donors (Lipinski definition) is 0. The summed E-state index contributed by atoms with van der Waals surface area (Å²) < 4.78 is 0. The van der Waals surface area contributed by atoms with E-state index >= 15 is 0 Å². The molecule has 1 aromatic rings. The van der Waals surface area contributed by atoms with Crippen LogP contribution >= 0.6 is 0 Å². The zero-order chi connectivity index (χ0) is 19.6. The summed E-state index contributed by atoms with van der Waals surface area (Å²) in [4.78, 5) is 4.43. The predicted molar refractivity (Wildman–Crippen MR) is 114 cm³/mol. The van der Waals surface area contributed by atoms with Gasteiger partial charge in [0.05, 0.1) is 24.0 Å². The van der Waals surface area contributed by atoms with Crippen molar-refractivity contribution in [3.63, 3.8) is 0 Å². The Bertz CT molecular complexity index is 834. The molecule has 0 aromatic heterocycles. The van der Waals surface area contributed by atoms with Crippen LogP contribution < -0.4 is 0 Å². The highest BCUT2D eigenvalue weighted by Gasteiger charge is 2.14. The first kappa shape index (κ1) is 20.4. The summed E-state index contributed by atoms with van der Waals surface area (Å²) in [5.41, 5.74) is 5.79. The zero-order valence-electron chi connectivity index (χ0n) is 16.7. The third kappa shape index (κ3) is 5.52. The molecule has 0 spiro atoms. The maximum absolute atomic E-state index is 8.73. The molecule has 1 heterocycles. The summed E-state index contributed by atoms with van der Waals surface area (Å²) in [5.74, 6) is 0. The molecule has 2 rings (SSSR count). The predicted octanol–water partition coefficient (Wildman–Crippen LogP) is 5.10. The van der Waals surface area contributed by atoms with Crippen molar-refractivity contribution in [3.05, 3.63) is 71.0 Å². The van der Waals surface area contributed by atoms with Gasteiger partial charge in [-0.2, -0.15) is 10.4 Å². The minimum Gasteiger partial charge on any atom is -0.288 e. The van der Waals surface area contributed by atoms with E-state index in [1.165, 1.54) is 11.1 Å². The van der Waals surface area contributed by atoms with Crippen molar-refractivity contribution in [2.45, 2.75) is 46.1 Å². The maximum atomic E-state index is 8.73. The lowest BCUT2D eigenvalue weighted by molar-refractivity contribution is 0.324. The summed E-state index contributed by atoms with van der Waals surface area (Å²) in [5, 5.41) is 15.2. The van der Waals surface area contributed by atoms with Gasteiger partial charge in [-0.1, -0.05) is 37.3 Å². The summed E-state index contributed by atoms with van der Waals surface area (Å²) in [6.07, 6.45) is 14.3. The first-order valence-corrected chi connectivity index (χ1v) is 9.38. The van der Waals surface area contributed by atoms with Gasteiger partial charge >= 0.3 is 0 Å². The Morgan fingerprint density at radius 3 is 2.85 bits per heavy atom. The molecule has 0 N–H and O–H groups in total. The van der Waals surface area contributed by atoms with Crippen LogP contribution in [0, 0.1) is 25.2 Å². The zero-order valence-corrected chi connectivity index (χ0v) is 16.7. The van der Waals surface area contributed by atoms with Gasteiger partial charge in [0.15, 0.2) is 0 Å². The largest absolute Gasteiger partial charge is 0.288 e. The van der Waals surface area contributed by atoms with Gasteiger partial charge in [-0.3, -0.25) is 10.0 Å². The van der Waals surface area contributed by atoms with E-state index in [4.69, 9.17) is 5.26 Å². The number of benzene rings is 1. The Balaban J connectivity index is 2.06. The molecule has 0 aliphatic carbocycles. The highest BCUT2D eigenvalue weighted by atomic mass is 15.5. The van der Waals surface area contributed by atoms with Crippen molar-refractivity contribution in [1.82, 2.24) is 5.01 Å². The van der Waals surface area contributed by atoms with Crippen LogP contribution in [-0.2, 0) is 0 Å². The van der Waals surface area contributed by atoms with Crippen LogP contribution in [0.3, 0.4) is 0 Å². The minimum absolute atomic E-state index is 0.228. The molecule has 0 saturated heterocycles. The van der Waals surface area contributed by atoms with E-state index in [2.05, 4.69) is 61.2 Å². The molecule has 0 radical (unpaired) electrons. The first-order valence-electron chi connectivity index (χ1n) is 9.38. The van der Waals surface area contributed by atoms with Gasteiger partial charge in [0, 0.05) is 25.2 Å². The Kier molecular flexibility index (Phi) is 7.76. The summed E-state index contributed by atoms with van der Waals surface area (Å²) in [6, 6.07) is 8.71. The van der Waals surface area contributed by atoms with Gasteiger partial charge in [-0.25, -0.2) is 0 Å². The second-order valence-electron chi connectivity index (χ2n) is 6.56. The third-order valence-corrected chi connectivity index (χ3v) is 4.77. The van der Waals surface area contributed by atoms with Gasteiger partial charge in [-0.15, -0.1) is 0 Å². The fourth-order valence-electron chi connectivity index (χ4n) is 2.99. The van der Waals surface area contributed by atoms with E-state index in [1.807, 2.05) is 42.7 Å². The van der Waals surface area contributed by atoms with Crippen LogP contribution in [-0.4, -0.2) is 30.0 Å². The van der Waals surface area contributed by atoms with E-state index in [9.17, 15) is 0 Å². The molecular weight excluding hydrogens is 332 g/mol. The minimum atomic E-state index is 0.228. The van der Waals surface area contributed by atoms with Crippen LogP contribution in [0.2, 0.25) is 0 Å². The lowest BCUT2D eigenvalue weighted by Gasteiger charge is -2.26. The van der Waals surface area contributed by atoms with E-state index in [1.54, 1.807) is 0 Å². The molecule has 0 fully saturated rings. The highest BCUT2D eigenvalue weighted by molar-refractivity contribution is 6.09. The standard InChI is InChI=1S/C23H28N4/c1-5-21-16-20(11-9-14-24)17-26-27(21)15-7-6-13-23(25-4)22-12-8-10-18(2)19(22)3/h6-8,10,12-13,15-17,21H,5,9,11H2,1-4H3/b13-6-,15-7+,25-23+. The molecule has 1 unspecified atom stereocenters. The molecule has 4 heteroatoms. The van der Waals surface area contributed by atoms with Crippen molar-refractivity contribution in [1.29, 1.82) is 5.26 Å². The van der Waals surface area contributed by atoms with E-state index in [0.717, 1.165) is 29.7 Å². The lowest BCUT2D eigenvalue weighted by Crippen LogP contribution is -2.27. The summed E-state index contributed by atoms with van der Waals surface area (Å²) in [6.45, 7) is 6.39. The van der Waals surface area contributed by atoms with Crippen molar-refractivity contribution in [2.75, 3.05) is 7.05 Å². The molecule has 1 aliphatic rings. The monoisotopic (exact) mass is 360 g/mol. The van der Waals surface area contributed by atoms with Crippen LogP contribution in [0.15, 0.2) is 64.4 Å². The van der Waals surface area contributed by atoms with E-state index in [0.29, 0.717) is 6.42 Å². The number of nitrogens with zero attached hydrogens (tertiary/aromatic N) is 4. The second-order valence-corrected chi connectivity index (χ2v) is 6.56. The van der Waals surface area contributed by atoms with Crippen molar-refractivity contribution >= 4 is 11.9 Å². The average Bonchev–Trinajstić information content (AvgIpc) is 2.69. The molecule has 4 nitrogen and oxygen atoms in total. The first-order chi connectivity index (χ1) is 13.1. The molecular formula is C23H28N4. The van der Waals surface area contributed by atoms with Gasteiger partial charge in [0.1, 0.15) is 0 Å². The summed E-state index contributed by atoms with van der Waals surface area (Å²) >= 11 is 0. The highest BCUT2D eigenvalue weighted by Crippen LogP contribution is 2.17. The number of nitriles is 1. The van der Waals surface area contributed by atoms with Crippen LogP contribution in [0.25, 0.3) is 0 Å². The number of rotatable bonds is 7. The van der Waals surface area contributed by atoms with E-state index < -0.39 is 0 Å². The normalized spacial score (nSPS) is 17.6. The third-order valence-electron chi connectivity index (χ3n) is 4.77. The SMILES string of the molecule is CCC1C=C(CCC#N)C=NN1/C=C/C=C\C(=N/C)c1cccc(C)c1C. The smallest absolute Gasteiger partial charge is 0.0702 e. The van der Waals surface area contributed by atoms with Gasteiger partial charge < -0.3 is 0 Å². The number of aliphatic imine (C=N–C) groups is 1. The average molecular weight is 361 g/mol. The van der Waals surface area contributed by atoms with E-state index in [-0.39, 0.29) is 6.04 Å². The summed E-state index contributed by atoms with van der Waals surface area (Å²) in [7, 11) is 1.82. The molecule has 27 heavy (non-hydrogen) atoms. The Hall–Kier alpha value is -2.93. The second kappa shape index (κ2) is 10.3. The molecule has 1 atom stereocenters. The van der Waals surface area contributed by atoms with Crippen LogP contribution in [0.5, 0.6) is 0 Å². The Morgan fingerprint density at radius 1 is 1.33 bits per heavy atom. The lowest BCUT2D eigenvalue weighted by atomic mass is 9.99. The molecule has 0 bridgehead atoms. The number of allylic oxidation sites excluding steroid dienone is 4. The fourth-order valence-corrected chi connectivity index (χ4v) is 2.99. The van der Waals surface area contributed by atoms with Crippen molar-refractivity contribution < 1.29 is 0 Å². The van der Waals surface area contributed by atoms with Crippen LogP contribution in [0.1, 0.15) is 42.9 Å². The topological polar surface area (TPSA) is 51.8 Å². The molecule has 140 valence electrons. The fraction of sp³-hybridized carbons (Fsp3) is 0.348. The molecule has 0 saturated carbocycles. The van der Waals surface area contributed by atoms with Gasteiger partial charge in [-0.05, 0) is 55.5 Å². The molecule has 1 aromatic carbocycles. The van der Waals surface area contributed by atoms with Crippen molar-refractivity contribution in [3.8, 4) is 6.07 Å². The number of hydrazone groups is 1. The molecule has 0 amide bonds. The Morgan fingerprint density at radius 2 is 2.15 bits per heavy atom. The Labute approximate surface area is 162 Å². The number of hydrogen-bond acceptors (Lipinski definition) is 4. The number of aryl methyl sites for hydroxylation is 1.